The van der Waals surface area contributed by atoms with Gasteiger partial charge in [-0.25, -0.2) is 0 Å². The van der Waals surface area contributed by atoms with Gasteiger partial charge in [0, 0.05) is 19.6 Å². The number of hydrogen-bond acceptors (Lipinski definition) is 7. The Labute approximate surface area is 123 Å². The summed E-state index contributed by atoms with van der Waals surface area (Å²) in [6.07, 6.45) is -1.34. The fourth-order valence-electron chi connectivity index (χ4n) is 1.98. The first kappa shape index (κ1) is 17.7. The number of phenols is 2. The van der Waals surface area contributed by atoms with Gasteiger partial charge in [0.1, 0.15) is 0 Å². The van der Waals surface area contributed by atoms with Crippen LogP contribution in [0.2, 0.25) is 0 Å². The van der Waals surface area contributed by atoms with Crippen molar-refractivity contribution in [3.05, 3.63) is 23.8 Å². The molecule has 0 spiro atoms. The second-order valence-corrected chi connectivity index (χ2v) is 5.01. The van der Waals surface area contributed by atoms with Crippen molar-refractivity contribution in [1.82, 2.24) is 4.90 Å². The van der Waals surface area contributed by atoms with Gasteiger partial charge in [-0.2, -0.15) is 0 Å². The van der Waals surface area contributed by atoms with Gasteiger partial charge in [-0.1, -0.05) is 6.07 Å². The molecule has 0 radical (unpaired) electrons. The van der Waals surface area contributed by atoms with E-state index in [-0.39, 0.29) is 37.8 Å². The maximum absolute atomic E-state index is 9.48. The van der Waals surface area contributed by atoms with Crippen molar-refractivity contribution < 1.29 is 30.6 Å². The molecule has 21 heavy (non-hydrogen) atoms. The monoisotopic (exact) mass is 301 g/mol. The van der Waals surface area contributed by atoms with E-state index in [1.54, 1.807) is 11.0 Å². The second-order valence-electron chi connectivity index (χ2n) is 5.01. The van der Waals surface area contributed by atoms with Crippen molar-refractivity contribution in [2.45, 2.75) is 18.6 Å². The number of aliphatic hydroxyl groups is 4. The molecule has 0 saturated carbocycles. The Morgan fingerprint density at radius 2 is 1.48 bits per heavy atom. The van der Waals surface area contributed by atoms with Gasteiger partial charge < -0.3 is 30.6 Å². The Balaban J connectivity index is 2.60. The maximum Gasteiger partial charge on any atom is 0.157 e. The molecule has 1 rings (SSSR count). The van der Waals surface area contributed by atoms with Crippen LogP contribution in [-0.4, -0.2) is 80.6 Å². The molecule has 7 heteroatoms. The molecule has 120 valence electrons. The molecule has 2 atom stereocenters. The van der Waals surface area contributed by atoms with Crippen LogP contribution in [0.1, 0.15) is 5.56 Å². The van der Waals surface area contributed by atoms with Crippen LogP contribution in [0.5, 0.6) is 11.5 Å². The molecule has 0 bridgehead atoms. The highest BCUT2D eigenvalue weighted by Crippen LogP contribution is 2.25. The summed E-state index contributed by atoms with van der Waals surface area (Å²) >= 11 is 0. The highest BCUT2D eigenvalue weighted by atomic mass is 16.3. The normalized spacial score (nSPS) is 14.3. The van der Waals surface area contributed by atoms with Crippen LogP contribution >= 0.6 is 0 Å². The molecular formula is C14H23NO6. The molecule has 1 aromatic rings. The van der Waals surface area contributed by atoms with Crippen LogP contribution in [0.4, 0.5) is 0 Å². The average molecular weight is 301 g/mol. The number of rotatable bonds is 9. The molecule has 1 aromatic carbocycles. The van der Waals surface area contributed by atoms with Crippen LogP contribution in [0.3, 0.4) is 0 Å². The van der Waals surface area contributed by atoms with Crippen LogP contribution in [0.15, 0.2) is 18.2 Å². The lowest BCUT2D eigenvalue weighted by Gasteiger charge is -2.26. The van der Waals surface area contributed by atoms with E-state index in [4.69, 9.17) is 10.2 Å². The molecule has 0 amide bonds. The highest BCUT2D eigenvalue weighted by molar-refractivity contribution is 5.40. The smallest absolute Gasteiger partial charge is 0.157 e. The first-order valence-electron chi connectivity index (χ1n) is 6.77. The minimum Gasteiger partial charge on any atom is -0.504 e. The van der Waals surface area contributed by atoms with Gasteiger partial charge in [0.15, 0.2) is 11.5 Å². The number of aliphatic hydroxyl groups excluding tert-OH is 4. The van der Waals surface area contributed by atoms with E-state index in [1.165, 1.54) is 12.1 Å². The second kappa shape index (κ2) is 8.81. The SMILES string of the molecule is OCC(O)CN(CCc1ccc(O)c(O)c1)CC(O)CO. The fraction of sp³-hybridized carbons (Fsp3) is 0.571. The first-order chi connectivity index (χ1) is 9.96. The number of phenolic OH excluding ortho intramolecular Hbond substituents is 2. The van der Waals surface area contributed by atoms with Gasteiger partial charge in [-0.3, -0.25) is 4.90 Å². The van der Waals surface area contributed by atoms with Crippen molar-refractivity contribution in [1.29, 1.82) is 0 Å². The Morgan fingerprint density at radius 3 is 1.95 bits per heavy atom. The summed E-state index contributed by atoms with van der Waals surface area (Å²) in [5.74, 6) is -0.396. The summed E-state index contributed by atoms with van der Waals surface area (Å²) in [7, 11) is 0. The van der Waals surface area contributed by atoms with Crippen LogP contribution < -0.4 is 0 Å². The lowest BCUT2D eigenvalue weighted by Crippen LogP contribution is -2.41. The van der Waals surface area contributed by atoms with Gasteiger partial charge in [-0.05, 0) is 24.1 Å². The van der Waals surface area contributed by atoms with Gasteiger partial charge in [0.2, 0.25) is 0 Å². The topological polar surface area (TPSA) is 125 Å². The molecule has 0 aliphatic rings. The van der Waals surface area contributed by atoms with Crippen LogP contribution in [0, 0.1) is 0 Å². The zero-order valence-corrected chi connectivity index (χ0v) is 11.8. The van der Waals surface area contributed by atoms with Crippen molar-refractivity contribution in [3.63, 3.8) is 0 Å². The highest BCUT2D eigenvalue weighted by Gasteiger charge is 2.15. The van der Waals surface area contributed by atoms with E-state index in [1.807, 2.05) is 0 Å². The Bertz CT molecular complexity index is 416. The minimum absolute atomic E-state index is 0.164. The maximum atomic E-state index is 9.48. The third-order valence-corrected chi connectivity index (χ3v) is 3.12. The van der Waals surface area contributed by atoms with E-state index < -0.39 is 12.2 Å². The summed E-state index contributed by atoms with van der Waals surface area (Å²) < 4.78 is 0. The molecule has 7 nitrogen and oxygen atoms in total. The fourth-order valence-corrected chi connectivity index (χ4v) is 1.98. The molecule has 0 aliphatic carbocycles. The summed E-state index contributed by atoms with van der Waals surface area (Å²) in [5, 5.41) is 55.4. The summed E-state index contributed by atoms with van der Waals surface area (Å²) in [4.78, 5) is 1.71. The quantitative estimate of drug-likeness (QED) is 0.311. The Kier molecular flexibility index (Phi) is 7.41. The summed E-state index contributed by atoms with van der Waals surface area (Å²) in [5.41, 5.74) is 0.785. The number of aromatic hydroxyl groups is 2. The predicted molar refractivity (Wildman–Crippen MR) is 76.1 cm³/mol. The predicted octanol–water partition coefficient (Wildman–Crippen LogP) is -1.35. The Hall–Kier alpha value is -1.38. The number of hydrogen-bond donors (Lipinski definition) is 6. The standard InChI is InChI=1S/C14H23NO6/c16-8-11(18)6-15(7-12(19)9-17)4-3-10-1-2-13(20)14(21)5-10/h1-2,5,11-12,16-21H,3-4,6-9H2. The van der Waals surface area contributed by atoms with Crippen molar-refractivity contribution >= 4 is 0 Å². The first-order valence-corrected chi connectivity index (χ1v) is 6.77. The molecule has 0 aromatic heterocycles. The number of benzene rings is 1. The average Bonchev–Trinajstić information content (AvgIpc) is 2.47. The van der Waals surface area contributed by atoms with Gasteiger partial charge in [0.05, 0.1) is 25.4 Å². The van der Waals surface area contributed by atoms with E-state index in [9.17, 15) is 20.4 Å². The van der Waals surface area contributed by atoms with E-state index in [0.717, 1.165) is 5.56 Å². The summed E-state index contributed by atoms with van der Waals surface area (Å²) in [6.45, 7) is 0.0189. The molecule has 0 fully saturated rings. The third kappa shape index (κ3) is 6.28. The third-order valence-electron chi connectivity index (χ3n) is 3.12. The summed E-state index contributed by atoms with van der Waals surface area (Å²) in [6, 6.07) is 4.50. The van der Waals surface area contributed by atoms with E-state index in [0.29, 0.717) is 13.0 Å². The van der Waals surface area contributed by atoms with Crippen molar-refractivity contribution in [2.24, 2.45) is 0 Å². The molecular weight excluding hydrogens is 278 g/mol. The number of nitrogens with zero attached hydrogens (tertiary/aromatic N) is 1. The van der Waals surface area contributed by atoms with Gasteiger partial charge >= 0.3 is 0 Å². The van der Waals surface area contributed by atoms with E-state index >= 15 is 0 Å². The van der Waals surface area contributed by atoms with Crippen molar-refractivity contribution in [3.8, 4) is 11.5 Å². The zero-order valence-electron chi connectivity index (χ0n) is 11.8. The lowest BCUT2D eigenvalue weighted by molar-refractivity contribution is 0.0237. The van der Waals surface area contributed by atoms with E-state index in [2.05, 4.69) is 0 Å². The molecule has 6 N–H and O–H groups in total. The van der Waals surface area contributed by atoms with Crippen LogP contribution in [0.25, 0.3) is 0 Å². The van der Waals surface area contributed by atoms with Gasteiger partial charge in [-0.15, -0.1) is 0 Å². The van der Waals surface area contributed by atoms with Crippen LogP contribution in [-0.2, 0) is 6.42 Å². The lowest BCUT2D eigenvalue weighted by atomic mass is 10.1. The largest absolute Gasteiger partial charge is 0.504 e. The minimum atomic E-state index is -0.927. The Morgan fingerprint density at radius 1 is 0.905 bits per heavy atom. The van der Waals surface area contributed by atoms with Gasteiger partial charge in [0.25, 0.3) is 0 Å². The zero-order chi connectivity index (χ0) is 15.8. The molecule has 2 unspecified atom stereocenters. The molecule has 0 heterocycles. The molecule has 0 aliphatic heterocycles. The van der Waals surface area contributed by atoms with Crippen molar-refractivity contribution in [2.75, 3.05) is 32.8 Å². The molecule has 0 saturated heterocycles.